The Hall–Kier alpha value is -1.98. The standard InChI is InChI=1S/C24H35ClN6O3S/c1-34-13-12-31-11-5-6-17-9-10-19(14-18(17)16-31)27-24-26-15-20(25)23(29-24)28-21-7-3-4-8-22(21)30-35(2,32)33/h6,9-10,14-15,19,21-22,30H,3-5,7-8,11-13,16H2,1-2H3,(H2,26,27,28,29)/t19?,21-,22-/m1/s1. The van der Waals surface area contributed by atoms with Gasteiger partial charge in [0.1, 0.15) is 5.02 Å². The summed E-state index contributed by atoms with van der Waals surface area (Å²) in [4.78, 5) is 11.4. The first-order chi connectivity index (χ1) is 16.8. The van der Waals surface area contributed by atoms with Gasteiger partial charge in [-0.05, 0) is 30.4 Å². The fourth-order valence-electron chi connectivity index (χ4n) is 4.83. The van der Waals surface area contributed by atoms with Gasteiger partial charge in [-0.25, -0.2) is 18.1 Å². The molecule has 9 nitrogen and oxygen atoms in total. The summed E-state index contributed by atoms with van der Waals surface area (Å²) in [5.74, 6) is 0.966. The van der Waals surface area contributed by atoms with Gasteiger partial charge in [0.15, 0.2) is 5.82 Å². The topological polar surface area (TPSA) is 108 Å². The SMILES string of the molecule is COCCN1CCC=C2C=CC(Nc3ncc(Cl)c(N[C@@H]4CCCC[C@H]4NS(C)(=O)=O)n3)C=C2C1. The smallest absolute Gasteiger partial charge is 0.225 e. The van der Waals surface area contributed by atoms with E-state index in [1.807, 2.05) is 0 Å². The van der Waals surface area contributed by atoms with Crippen molar-refractivity contribution in [2.75, 3.05) is 50.2 Å². The van der Waals surface area contributed by atoms with Crippen molar-refractivity contribution >= 4 is 33.4 Å². The van der Waals surface area contributed by atoms with Crippen molar-refractivity contribution in [3.63, 3.8) is 0 Å². The van der Waals surface area contributed by atoms with Crippen LogP contribution in [0.5, 0.6) is 0 Å². The van der Waals surface area contributed by atoms with Crippen molar-refractivity contribution < 1.29 is 13.2 Å². The summed E-state index contributed by atoms with van der Waals surface area (Å²) in [7, 11) is -1.57. The maximum absolute atomic E-state index is 11.8. The molecule has 0 radical (unpaired) electrons. The number of rotatable bonds is 9. The minimum absolute atomic E-state index is 0.0483. The van der Waals surface area contributed by atoms with E-state index in [1.165, 1.54) is 17.4 Å². The van der Waals surface area contributed by atoms with Gasteiger partial charge < -0.3 is 15.4 Å². The highest BCUT2D eigenvalue weighted by molar-refractivity contribution is 7.88. The van der Waals surface area contributed by atoms with E-state index in [0.717, 1.165) is 58.3 Å². The molecule has 3 aliphatic rings. The summed E-state index contributed by atoms with van der Waals surface area (Å²) in [6.45, 7) is 3.52. The Balaban J connectivity index is 1.45. The maximum atomic E-state index is 11.8. The normalized spacial score (nSPS) is 25.3. The van der Waals surface area contributed by atoms with Gasteiger partial charge in [-0.15, -0.1) is 0 Å². The molecule has 3 atom stereocenters. The third-order valence-electron chi connectivity index (χ3n) is 6.54. The van der Waals surface area contributed by atoms with E-state index < -0.39 is 10.0 Å². The van der Waals surface area contributed by atoms with Crippen LogP contribution in [0.25, 0.3) is 0 Å². The molecule has 1 aromatic rings. The van der Waals surface area contributed by atoms with Gasteiger partial charge >= 0.3 is 0 Å². The van der Waals surface area contributed by atoms with E-state index in [4.69, 9.17) is 16.3 Å². The van der Waals surface area contributed by atoms with Crippen LogP contribution in [0.2, 0.25) is 5.02 Å². The third kappa shape index (κ3) is 7.50. The molecule has 0 amide bonds. The Morgan fingerprint density at radius 2 is 2.03 bits per heavy atom. The number of halogens is 1. The van der Waals surface area contributed by atoms with Crippen LogP contribution in [0.15, 0.2) is 41.6 Å². The average Bonchev–Trinajstić information content (AvgIpc) is 3.01. The molecule has 11 heteroatoms. The second-order valence-corrected chi connectivity index (χ2v) is 11.5. The molecule has 35 heavy (non-hydrogen) atoms. The van der Waals surface area contributed by atoms with Crippen molar-refractivity contribution in [3.8, 4) is 0 Å². The zero-order chi connectivity index (χ0) is 24.8. The minimum Gasteiger partial charge on any atom is -0.383 e. The second kappa shape index (κ2) is 11.8. The van der Waals surface area contributed by atoms with E-state index in [0.29, 0.717) is 16.8 Å². The van der Waals surface area contributed by atoms with E-state index in [1.54, 1.807) is 13.3 Å². The van der Waals surface area contributed by atoms with Crippen LogP contribution < -0.4 is 15.4 Å². The van der Waals surface area contributed by atoms with Crippen molar-refractivity contribution in [2.45, 2.75) is 50.2 Å². The summed E-state index contributed by atoms with van der Waals surface area (Å²) in [5.41, 5.74) is 2.55. The number of sulfonamides is 1. The summed E-state index contributed by atoms with van der Waals surface area (Å²) in [6.07, 6.45) is 16.2. The van der Waals surface area contributed by atoms with Gasteiger partial charge in [-0.2, -0.15) is 4.98 Å². The summed E-state index contributed by atoms with van der Waals surface area (Å²) < 4.78 is 31.6. The Bertz CT molecular complexity index is 1090. The van der Waals surface area contributed by atoms with E-state index in [9.17, 15) is 8.42 Å². The van der Waals surface area contributed by atoms with Crippen LogP contribution in [-0.4, -0.2) is 81.0 Å². The molecule has 1 fully saturated rings. The van der Waals surface area contributed by atoms with Crippen molar-refractivity contribution in [3.05, 3.63) is 46.7 Å². The van der Waals surface area contributed by atoms with Gasteiger partial charge in [0.05, 0.1) is 25.1 Å². The summed E-state index contributed by atoms with van der Waals surface area (Å²) in [5, 5.41) is 7.15. The predicted octanol–water partition coefficient (Wildman–Crippen LogP) is 2.96. The first-order valence-corrected chi connectivity index (χ1v) is 14.4. The van der Waals surface area contributed by atoms with Crippen LogP contribution in [0.4, 0.5) is 11.8 Å². The lowest BCUT2D eigenvalue weighted by Crippen LogP contribution is -2.48. The lowest BCUT2D eigenvalue weighted by Gasteiger charge is -2.32. The highest BCUT2D eigenvalue weighted by atomic mass is 35.5. The zero-order valence-corrected chi connectivity index (χ0v) is 21.9. The van der Waals surface area contributed by atoms with E-state index in [2.05, 4.69) is 54.5 Å². The van der Waals surface area contributed by atoms with Crippen molar-refractivity contribution in [1.29, 1.82) is 0 Å². The average molecular weight is 523 g/mol. The monoisotopic (exact) mass is 522 g/mol. The molecule has 3 N–H and O–H groups in total. The third-order valence-corrected chi connectivity index (χ3v) is 7.55. The van der Waals surface area contributed by atoms with Gasteiger partial charge in [0.2, 0.25) is 16.0 Å². The van der Waals surface area contributed by atoms with Gasteiger partial charge in [0, 0.05) is 38.8 Å². The lowest BCUT2D eigenvalue weighted by molar-refractivity contribution is 0.155. The molecule has 192 valence electrons. The number of anilines is 2. The van der Waals surface area contributed by atoms with Crippen LogP contribution in [-0.2, 0) is 14.8 Å². The summed E-state index contributed by atoms with van der Waals surface area (Å²) in [6, 6.07) is -0.339. The molecule has 4 rings (SSSR count). The lowest BCUT2D eigenvalue weighted by atomic mass is 9.91. The second-order valence-electron chi connectivity index (χ2n) is 9.36. The first-order valence-electron chi connectivity index (χ1n) is 12.1. The minimum atomic E-state index is -3.31. The molecule has 2 aliphatic carbocycles. The van der Waals surface area contributed by atoms with Crippen molar-refractivity contribution in [1.82, 2.24) is 19.6 Å². The molecular weight excluding hydrogens is 488 g/mol. The molecule has 0 bridgehead atoms. The molecule has 0 aromatic carbocycles. The predicted molar refractivity (Wildman–Crippen MR) is 140 cm³/mol. The number of hydrogen-bond acceptors (Lipinski definition) is 8. The molecule has 1 aromatic heterocycles. The Kier molecular flexibility index (Phi) is 8.82. The highest BCUT2D eigenvalue weighted by Crippen LogP contribution is 2.28. The van der Waals surface area contributed by atoms with Crippen LogP contribution in [0.1, 0.15) is 32.1 Å². The number of methoxy groups -OCH3 is 1. The number of fused-ring (bicyclic) bond motifs is 1. The largest absolute Gasteiger partial charge is 0.383 e. The fraction of sp³-hybridized carbons (Fsp3) is 0.583. The van der Waals surface area contributed by atoms with Crippen LogP contribution in [0.3, 0.4) is 0 Å². The quantitative estimate of drug-likeness (QED) is 0.454. The number of hydrogen-bond donors (Lipinski definition) is 3. The molecule has 0 spiro atoms. The van der Waals surface area contributed by atoms with Crippen molar-refractivity contribution in [2.24, 2.45) is 0 Å². The highest BCUT2D eigenvalue weighted by Gasteiger charge is 2.28. The van der Waals surface area contributed by atoms with Gasteiger partial charge in [0.25, 0.3) is 0 Å². The molecule has 1 aliphatic heterocycles. The zero-order valence-electron chi connectivity index (χ0n) is 20.3. The Morgan fingerprint density at radius 3 is 2.80 bits per heavy atom. The number of aromatic nitrogens is 2. The van der Waals surface area contributed by atoms with Gasteiger partial charge in [-0.3, -0.25) is 4.90 Å². The fourth-order valence-corrected chi connectivity index (χ4v) is 5.81. The van der Waals surface area contributed by atoms with E-state index >= 15 is 0 Å². The Labute approximate surface area is 213 Å². The number of nitrogens with zero attached hydrogens (tertiary/aromatic N) is 3. The summed E-state index contributed by atoms with van der Waals surface area (Å²) >= 11 is 6.40. The maximum Gasteiger partial charge on any atom is 0.225 e. The Morgan fingerprint density at radius 1 is 1.23 bits per heavy atom. The van der Waals surface area contributed by atoms with Gasteiger partial charge in [-0.1, -0.05) is 48.7 Å². The van der Waals surface area contributed by atoms with Crippen LogP contribution in [0, 0.1) is 0 Å². The molecule has 2 heterocycles. The van der Waals surface area contributed by atoms with E-state index in [-0.39, 0.29) is 18.1 Å². The number of ether oxygens (including phenoxy) is 1. The number of allylic oxidation sites excluding steroid dienone is 1. The molecule has 0 saturated heterocycles. The molecule has 1 saturated carbocycles. The molecular formula is C24H35ClN6O3S. The number of nitrogens with one attached hydrogen (secondary N) is 3. The molecule has 1 unspecified atom stereocenters. The van der Waals surface area contributed by atoms with Crippen LogP contribution >= 0.6 is 11.6 Å². The first kappa shape index (κ1) is 26.1.